The molecule has 4 heteroatoms. The van der Waals surface area contributed by atoms with Crippen molar-refractivity contribution in [3.05, 3.63) is 60.4 Å². The van der Waals surface area contributed by atoms with Gasteiger partial charge in [0.1, 0.15) is 0 Å². The third kappa shape index (κ3) is 4.23. The molecule has 24 heavy (non-hydrogen) atoms. The first-order valence-corrected chi connectivity index (χ1v) is 18.1. The van der Waals surface area contributed by atoms with Crippen LogP contribution in [0.5, 0.6) is 0 Å². The Hall–Kier alpha value is 1.68. The molecule has 4 fully saturated rings. The van der Waals surface area contributed by atoms with E-state index in [1.54, 1.807) is 11.8 Å². The molecule has 0 saturated heterocycles. The third-order valence-electron chi connectivity index (χ3n) is 5.47. The summed E-state index contributed by atoms with van der Waals surface area (Å²) in [5.74, 6) is 6.11. The first-order valence-electron chi connectivity index (χ1n) is 8.79. The summed E-state index contributed by atoms with van der Waals surface area (Å²) in [4.78, 5) is 0. The van der Waals surface area contributed by atoms with Crippen molar-refractivity contribution in [3.8, 4) is 0 Å². The summed E-state index contributed by atoms with van der Waals surface area (Å²) in [5.41, 5.74) is 3.03. The van der Waals surface area contributed by atoms with Gasteiger partial charge in [-0.15, -0.1) is 0 Å². The third-order valence-corrected chi connectivity index (χ3v) is 8.82. The van der Waals surface area contributed by atoms with Gasteiger partial charge in [-0.05, 0) is 86.1 Å². The zero-order valence-corrected chi connectivity index (χ0v) is 19.4. The van der Waals surface area contributed by atoms with Crippen molar-refractivity contribution < 1.29 is 20.8 Å². The van der Waals surface area contributed by atoms with Crippen LogP contribution in [0.3, 0.4) is 0 Å². The Bertz CT molecular complexity index is 369. The van der Waals surface area contributed by atoms with Crippen LogP contribution in [0, 0.1) is 60.4 Å². The van der Waals surface area contributed by atoms with Crippen LogP contribution in [0.1, 0.15) is 51.4 Å². The molecule has 0 aliphatic heterocycles. The molecule has 14 radical (unpaired) electrons. The summed E-state index contributed by atoms with van der Waals surface area (Å²) in [5, 5.41) is 0. The SMILES string of the molecule is C[Si](C)([C]1[C][C][C]2CCCC[C]21)[C]1[C][C][C]2CCCC[C]21.[Cl][Zr][Cl]. The van der Waals surface area contributed by atoms with Crippen LogP contribution >= 0.6 is 17.0 Å². The molecule has 0 aromatic heterocycles. The van der Waals surface area contributed by atoms with E-state index in [0.29, 0.717) is 0 Å². The van der Waals surface area contributed by atoms with Gasteiger partial charge < -0.3 is 0 Å². The molecule has 4 rings (SSSR count). The Morgan fingerprint density at radius 3 is 1.50 bits per heavy atom. The quantitative estimate of drug-likeness (QED) is 0.444. The summed E-state index contributed by atoms with van der Waals surface area (Å²) < 4.78 is 0. The zero-order chi connectivity index (χ0) is 17.2. The second kappa shape index (κ2) is 9.25. The van der Waals surface area contributed by atoms with E-state index in [-0.39, 0.29) is 0 Å². The topological polar surface area (TPSA) is 0 Å². The molecule has 0 amide bonds. The normalized spacial score (nSPS) is 28.3. The van der Waals surface area contributed by atoms with Crippen molar-refractivity contribution >= 4 is 25.1 Å². The summed E-state index contributed by atoms with van der Waals surface area (Å²) in [6, 6.07) is 0. The van der Waals surface area contributed by atoms with Crippen molar-refractivity contribution in [2.24, 2.45) is 0 Å². The fourth-order valence-corrected chi connectivity index (χ4v) is 7.32. The average Bonchev–Trinajstić information content (AvgIpc) is 3.20. The van der Waals surface area contributed by atoms with E-state index < -0.39 is 28.9 Å². The predicted molar refractivity (Wildman–Crippen MR) is 98.6 cm³/mol. The van der Waals surface area contributed by atoms with Crippen LogP contribution in [-0.4, -0.2) is 8.07 Å². The van der Waals surface area contributed by atoms with E-state index in [9.17, 15) is 0 Å². The first-order chi connectivity index (χ1) is 11.6. The molecular formula is C20H22Cl2SiZr. The maximum absolute atomic E-state index is 4.93. The molecule has 0 bridgehead atoms. The van der Waals surface area contributed by atoms with E-state index in [1.807, 2.05) is 0 Å². The van der Waals surface area contributed by atoms with Gasteiger partial charge in [0.05, 0.1) is 8.07 Å². The molecule has 0 nitrogen and oxygen atoms in total. The Balaban J connectivity index is 0.000000526. The molecule has 4 saturated carbocycles. The molecule has 0 spiro atoms. The molecule has 0 N–H and O–H groups in total. The molecule has 0 heterocycles. The molecule has 0 atom stereocenters. The van der Waals surface area contributed by atoms with Gasteiger partial charge in [0, 0.05) is 0 Å². The van der Waals surface area contributed by atoms with Gasteiger partial charge in [-0.3, -0.25) is 0 Å². The molecule has 124 valence electrons. The number of hydrogen-bond acceptors (Lipinski definition) is 0. The standard InChI is InChI=1S/C20H22Si.2ClH.Zr/c1-21(2,19-13-11-15-7-3-5-9-17(15)19)20-14-12-16-8-4-6-10-18(16)20;;;/h3-10H2,1-2H3;2*1H;/q;;;+2/p-2. The monoisotopic (exact) mass is 450 g/mol. The maximum atomic E-state index is 4.93. The van der Waals surface area contributed by atoms with E-state index in [1.165, 1.54) is 74.3 Å². The number of hydrogen-bond donors (Lipinski definition) is 0. The van der Waals surface area contributed by atoms with Crippen molar-refractivity contribution in [3.63, 3.8) is 0 Å². The fourth-order valence-electron chi connectivity index (χ4n) is 4.26. The van der Waals surface area contributed by atoms with Crippen LogP contribution in [0.15, 0.2) is 0 Å². The van der Waals surface area contributed by atoms with Gasteiger partial charge in [0.25, 0.3) is 0 Å². The van der Waals surface area contributed by atoms with Crippen LogP contribution < -0.4 is 0 Å². The molecular weight excluding hydrogens is 430 g/mol. The van der Waals surface area contributed by atoms with Gasteiger partial charge in [-0.2, -0.15) is 0 Å². The van der Waals surface area contributed by atoms with Gasteiger partial charge in [0.15, 0.2) is 0 Å². The van der Waals surface area contributed by atoms with Crippen LogP contribution in [0.4, 0.5) is 0 Å². The Labute approximate surface area is 169 Å². The molecule has 0 aromatic rings. The fraction of sp³-hybridized carbons (Fsp3) is 0.500. The van der Waals surface area contributed by atoms with Crippen molar-refractivity contribution in [1.29, 1.82) is 0 Å². The molecule has 0 unspecified atom stereocenters. The van der Waals surface area contributed by atoms with Crippen LogP contribution in [0.25, 0.3) is 0 Å². The minimum absolute atomic E-state index is 0.826. The average molecular weight is 453 g/mol. The second-order valence-corrected chi connectivity index (χ2v) is 15.3. The van der Waals surface area contributed by atoms with Gasteiger partial charge in [-0.1, -0.05) is 38.8 Å². The Morgan fingerprint density at radius 2 is 1.08 bits per heavy atom. The molecule has 0 aromatic carbocycles. The summed E-state index contributed by atoms with van der Waals surface area (Å²) >= 11 is -0.826. The van der Waals surface area contributed by atoms with E-state index >= 15 is 0 Å². The van der Waals surface area contributed by atoms with Crippen LogP contribution in [-0.2, 0) is 20.8 Å². The van der Waals surface area contributed by atoms with Crippen molar-refractivity contribution in [1.82, 2.24) is 0 Å². The summed E-state index contributed by atoms with van der Waals surface area (Å²) in [6.07, 6.45) is 24.3. The Kier molecular flexibility index (Phi) is 7.87. The van der Waals surface area contributed by atoms with Crippen molar-refractivity contribution in [2.45, 2.75) is 64.5 Å². The zero-order valence-electron chi connectivity index (χ0n) is 14.4. The number of halogens is 2. The molecule has 4 aliphatic carbocycles. The van der Waals surface area contributed by atoms with Gasteiger partial charge in [0.2, 0.25) is 0 Å². The van der Waals surface area contributed by atoms with Crippen molar-refractivity contribution in [2.75, 3.05) is 0 Å². The van der Waals surface area contributed by atoms with E-state index in [0.717, 1.165) is 0 Å². The van der Waals surface area contributed by atoms with E-state index in [2.05, 4.69) is 38.8 Å². The van der Waals surface area contributed by atoms with Crippen LogP contribution in [0.2, 0.25) is 13.1 Å². The Morgan fingerprint density at radius 1 is 0.708 bits per heavy atom. The number of rotatable bonds is 2. The predicted octanol–water partition coefficient (Wildman–Crippen LogP) is 6.10. The summed E-state index contributed by atoms with van der Waals surface area (Å²) in [6.45, 7) is 4.96. The second-order valence-electron chi connectivity index (χ2n) is 7.27. The summed E-state index contributed by atoms with van der Waals surface area (Å²) in [7, 11) is 8.18. The molecule has 4 aliphatic rings. The first kappa shape index (κ1) is 20.4. The van der Waals surface area contributed by atoms with Gasteiger partial charge >= 0.3 is 37.9 Å². The number of fused-ring (bicyclic) bond motifs is 2. The van der Waals surface area contributed by atoms with Gasteiger partial charge in [-0.25, -0.2) is 0 Å². The van der Waals surface area contributed by atoms with E-state index in [4.69, 9.17) is 17.0 Å². The minimum atomic E-state index is -1.68.